The van der Waals surface area contributed by atoms with E-state index in [4.69, 9.17) is 44.3 Å². The van der Waals surface area contributed by atoms with E-state index in [1.165, 1.54) is 11.9 Å². The number of aliphatic hydroxyl groups is 1. The van der Waals surface area contributed by atoms with Gasteiger partial charge in [0.15, 0.2) is 0 Å². The van der Waals surface area contributed by atoms with Crippen molar-refractivity contribution in [1.82, 2.24) is 26.1 Å². The summed E-state index contributed by atoms with van der Waals surface area (Å²) in [6.07, 6.45) is 1.95. The lowest BCUT2D eigenvalue weighted by atomic mass is 9.92. The van der Waals surface area contributed by atoms with E-state index in [2.05, 4.69) is 21.0 Å². The van der Waals surface area contributed by atoms with Crippen molar-refractivity contribution in [2.45, 2.75) is 82.4 Å². The molecule has 0 aliphatic carbocycles. The first-order valence-electron chi connectivity index (χ1n) is 15.0. The van der Waals surface area contributed by atoms with Crippen LogP contribution in [0.25, 0.3) is 10.8 Å². The molecule has 1 fully saturated rings. The average molecular weight is 703 g/mol. The van der Waals surface area contributed by atoms with Crippen molar-refractivity contribution in [3.8, 4) is 5.88 Å². The Labute approximate surface area is 283 Å². The summed E-state index contributed by atoms with van der Waals surface area (Å²) in [5.74, 6) is -2.10. The number of halogens is 3. The van der Waals surface area contributed by atoms with E-state index >= 15 is 0 Å². The standard InChI is InChI=1S/C31H42Cl3N5O7/c1-17(2)25(26(41)36-18(3)27(42)39-11-7-8-23(38-39)28(43)46-16-31(32,33)34)37-29(44)30(5,6)15-45-24-13-22-12-20(19(4)40)9-10-21(22)14-35-24/h9-10,12-14,17-19,23,25,38,40H,7-8,11,15-16H2,1-6H3,(H,36,41)(H,37,44)/t18-,19+,23+,25-/m0/s1. The van der Waals surface area contributed by atoms with Crippen molar-refractivity contribution < 1.29 is 33.8 Å². The molecule has 3 amide bonds. The first-order chi connectivity index (χ1) is 21.4. The number of nitrogens with one attached hydrogen (secondary N) is 3. The normalized spacial score (nSPS) is 17.6. The van der Waals surface area contributed by atoms with Crippen LogP contribution < -0.4 is 20.8 Å². The fourth-order valence-corrected chi connectivity index (χ4v) is 4.80. The molecule has 1 aromatic heterocycles. The van der Waals surface area contributed by atoms with Crippen LogP contribution in [0.4, 0.5) is 0 Å². The Hall–Kier alpha value is -2.90. The fraction of sp³-hybridized carbons (Fsp3) is 0.581. The fourth-order valence-electron chi connectivity index (χ4n) is 4.64. The predicted octanol–water partition coefficient (Wildman–Crippen LogP) is 3.75. The summed E-state index contributed by atoms with van der Waals surface area (Å²) in [7, 11) is 0. The quantitative estimate of drug-likeness (QED) is 0.191. The Kier molecular flexibility index (Phi) is 12.9. The van der Waals surface area contributed by atoms with E-state index in [0.29, 0.717) is 25.3 Å². The minimum absolute atomic E-state index is 0.0271. The van der Waals surface area contributed by atoms with Crippen LogP contribution in [0.2, 0.25) is 0 Å². The molecule has 1 aliphatic heterocycles. The van der Waals surface area contributed by atoms with E-state index < -0.39 is 63.7 Å². The number of rotatable bonds is 12. The third kappa shape index (κ3) is 10.6. The number of ether oxygens (including phenoxy) is 2. The Balaban J connectivity index is 1.58. The molecule has 15 heteroatoms. The van der Waals surface area contributed by atoms with Crippen LogP contribution in [0, 0.1) is 11.3 Å². The van der Waals surface area contributed by atoms with Gasteiger partial charge in [0.1, 0.15) is 31.3 Å². The monoisotopic (exact) mass is 701 g/mol. The third-order valence-corrected chi connectivity index (χ3v) is 7.81. The van der Waals surface area contributed by atoms with Gasteiger partial charge in [-0.3, -0.25) is 24.2 Å². The second kappa shape index (κ2) is 15.8. The molecule has 0 unspecified atom stereocenters. The van der Waals surface area contributed by atoms with Crippen LogP contribution in [0.3, 0.4) is 0 Å². The van der Waals surface area contributed by atoms with Crippen LogP contribution >= 0.6 is 34.8 Å². The summed E-state index contributed by atoms with van der Waals surface area (Å²) < 4.78 is 9.14. The molecule has 0 spiro atoms. The molecule has 1 saturated heterocycles. The van der Waals surface area contributed by atoms with Gasteiger partial charge in [-0.05, 0) is 63.5 Å². The second-order valence-corrected chi connectivity index (χ2v) is 15.0. The van der Waals surface area contributed by atoms with Gasteiger partial charge in [0.05, 0.1) is 11.5 Å². The molecule has 0 saturated carbocycles. The van der Waals surface area contributed by atoms with E-state index in [1.807, 2.05) is 18.2 Å². The number of pyridine rings is 1. The molecule has 1 aliphatic rings. The van der Waals surface area contributed by atoms with Crippen molar-refractivity contribution in [3.63, 3.8) is 0 Å². The number of hydrogen-bond acceptors (Lipinski definition) is 9. The molecule has 2 heterocycles. The van der Waals surface area contributed by atoms with Gasteiger partial charge in [0, 0.05) is 24.2 Å². The number of carbonyl (C=O) groups excluding carboxylic acids is 4. The van der Waals surface area contributed by atoms with Gasteiger partial charge in [-0.25, -0.2) is 10.4 Å². The van der Waals surface area contributed by atoms with E-state index in [-0.39, 0.29) is 12.5 Å². The number of aliphatic hydroxyl groups excluding tert-OH is 1. The molecule has 3 rings (SSSR count). The number of amides is 3. The number of fused-ring (bicyclic) bond motifs is 1. The van der Waals surface area contributed by atoms with Crippen LogP contribution in [-0.2, 0) is 23.9 Å². The molecule has 254 valence electrons. The number of nitrogens with zero attached hydrogens (tertiary/aromatic N) is 2. The number of benzene rings is 1. The lowest BCUT2D eigenvalue weighted by molar-refractivity contribution is -0.152. The van der Waals surface area contributed by atoms with Crippen molar-refractivity contribution in [2.75, 3.05) is 19.8 Å². The van der Waals surface area contributed by atoms with Gasteiger partial charge in [-0.15, -0.1) is 0 Å². The Morgan fingerprint density at radius 1 is 1.07 bits per heavy atom. The van der Waals surface area contributed by atoms with Crippen molar-refractivity contribution in [2.24, 2.45) is 11.3 Å². The number of hydrogen-bond donors (Lipinski definition) is 4. The SMILES string of the molecule is CC(C)[C@H](NC(=O)C(C)(C)COc1cc2cc([C@@H](C)O)ccc2cn1)C(=O)N[C@@H](C)C(=O)N1CCC[C@H](C(=O)OCC(Cl)(Cl)Cl)N1. The predicted molar refractivity (Wildman–Crippen MR) is 175 cm³/mol. The minimum atomic E-state index is -1.76. The number of hydrazine groups is 1. The highest BCUT2D eigenvalue weighted by molar-refractivity contribution is 6.67. The van der Waals surface area contributed by atoms with Gasteiger partial charge in [0.25, 0.3) is 5.91 Å². The Morgan fingerprint density at radius 2 is 1.76 bits per heavy atom. The van der Waals surface area contributed by atoms with Crippen LogP contribution in [-0.4, -0.2) is 80.5 Å². The lowest BCUT2D eigenvalue weighted by Gasteiger charge is -2.35. The molecule has 1 aromatic carbocycles. The van der Waals surface area contributed by atoms with Gasteiger partial charge in [-0.2, -0.15) is 0 Å². The smallest absolute Gasteiger partial charge is 0.325 e. The maximum atomic E-state index is 13.3. The molecule has 4 atom stereocenters. The zero-order chi connectivity index (χ0) is 34.4. The Morgan fingerprint density at radius 3 is 2.39 bits per heavy atom. The average Bonchev–Trinajstić information content (AvgIpc) is 2.99. The first kappa shape index (κ1) is 37.6. The molecular formula is C31H42Cl3N5O7. The first-order valence-corrected chi connectivity index (χ1v) is 16.1. The minimum Gasteiger partial charge on any atom is -0.477 e. The molecule has 12 nitrogen and oxygen atoms in total. The largest absolute Gasteiger partial charge is 0.477 e. The van der Waals surface area contributed by atoms with E-state index in [9.17, 15) is 24.3 Å². The lowest BCUT2D eigenvalue weighted by Crippen LogP contribution is -2.61. The Bertz CT molecular complexity index is 1420. The number of esters is 1. The van der Waals surface area contributed by atoms with Crippen LogP contribution in [0.5, 0.6) is 5.88 Å². The van der Waals surface area contributed by atoms with Crippen molar-refractivity contribution in [1.29, 1.82) is 0 Å². The zero-order valence-corrected chi connectivity index (χ0v) is 29.0. The molecule has 2 aromatic rings. The second-order valence-electron chi connectivity index (χ2n) is 12.4. The molecule has 0 radical (unpaired) electrons. The molecule has 46 heavy (non-hydrogen) atoms. The van der Waals surface area contributed by atoms with Gasteiger partial charge < -0.3 is 25.2 Å². The van der Waals surface area contributed by atoms with Crippen molar-refractivity contribution >= 4 is 69.3 Å². The molecule has 4 N–H and O–H groups in total. The summed E-state index contributed by atoms with van der Waals surface area (Å²) >= 11 is 16.9. The third-order valence-electron chi connectivity index (χ3n) is 7.48. The summed E-state index contributed by atoms with van der Waals surface area (Å²) in [4.78, 5) is 56.5. The summed E-state index contributed by atoms with van der Waals surface area (Å²) in [6, 6.07) is 4.54. The number of carbonyl (C=O) groups is 4. The topological polar surface area (TPSA) is 159 Å². The molecular weight excluding hydrogens is 661 g/mol. The maximum Gasteiger partial charge on any atom is 0.325 e. The van der Waals surface area contributed by atoms with Gasteiger partial charge in [0.2, 0.25) is 21.5 Å². The highest BCUT2D eigenvalue weighted by Gasteiger charge is 2.36. The van der Waals surface area contributed by atoms with Gasteiger partial charge >= 0.3 is 5.97 Å². The van der Waals surface area contributed by atoms with Crippen molar-refractivity contribution in [3.05, 3.63) is 36.0 Å². The van der Waals surface area contributed by atoms with E-state index in [0.717, 1.165) is 16.3 Å². The number of alkyl halides is 3. The molecule has 0 bridgehead atoms. The summed E-state index contributed by atoms with van der Waals surface area (Å²) in [5.41, 5.74) is 2.53. The zero-order valence-electron chi connectivity index (χ0n) is 26.7. The van der Waals surface area contributed by atoms with Gasteiger partial charge in [-0.1, -0.05) is 60.8 Å². The summed E-state index contributed by atoms with van der Waals surface area (Å²) in [5, 5.41) is 18.4. The number of aromatic nitrogens is 1. The van der Waals surface area contributed by atoms with Crippen LogP contribution in [0.15, 0.2) is 30.5 Å². The van der Waals surface area contributed by atoms with Crippen LogP contribution in [0.1, 0.15) is 66.1 Å². The highest BCUT2D eigenvalue weighted by atomic mass is 35.6. The maximum absolute atomic E-state index is 13.3. The van der Waals surface area contributed by atoms with E-state index in [1.54, 1.807) is 46.9 Å². The summed E-state index contributed by atoms with van der Waals surface area (Å²) in [6.45, 7) is 9.97. The highest BCUT2D eigenvalue weighted by Crippen LogP contribution is 2.27.